The van der Waals surface area contributed by atoms with E-state index < -0.39 is 0 Å². The molecule has 0 heterocycles. The Labute approximate surface area is 80.8 Å². The van der Waals surface area contributed by atoms with Gasteiger partial charge in [0.2, 0.25) is 0 Å². The zero-order valence-electron chi connectivity index (χ0n) is 8.34. The van der Waals surface area contributed by atoms with Crippen LogP contribution in [0.3, 0.4) is 0 Å². The van der Waals surface area contributed by atoms with Crippen molar-refractivity contribution >= 4 is 0 Å². The number of aliphatic hydroxyl groups is 1. The first-order valence-corrected chi connectivity index (χ1v) is 5.72. The van der Waals surface area contributed by atoms with E-state index in [1.807, 2.05) is 0 Å². The number of hydrogen-bond donors (Lipinski definition) is 1. The van der Waals surface area contributed by atoms with Gasteiger partial charge in [-0.1, -0.05) is 18.1 Å². The lowest BCUT2D eigenvalue weighted by Crippen LogP contribution is -2.27. The standard InChI is InChI=1S/C12H20O/c13-12(11-7-4-8-11)9-10-5-2-1-3-6-10/h5,11-13H,1-4,6-9H2. The summed E-state index contributed by atoms with van der Waals surface area (Å²) < 4.78 is 0. The summed E-state index contributed by atoms with van der Waals surface area (Å²) in [6, 6.07) is 0. The van der Waals surface area contributed by atoms with Crippen molar-refractivity contribution < 1.29 is 5.11 Å². The molecule has 0 spiro atoms. The van der Waals surface area contributed by atoms with Crippen LogP contribution >= 0.6 is 0 Å². The largest absolute Gasteiger partial charge is 0.393 e. The van der Waals surface area contributed by atoms with E-state index in [4.69, 9.17) is 0 Å². The van der Waals surface area contributed by atoms with Crippen LogP contribution in [0.5, 0.6) is 0 Å². The van der Waals surface area contributed by atoms with Crippen LogP contribution in [-0.4, -0.2) is 11.2 Å². The van der Waals surface area contributed by atoms with Gasteiger partial charge in [-0.2, -0.15) is 0 Å². The third-order valence-corrected chi connectivity index (χ3v) is 3.55. The minimum Gasteiger partial charge on any atom is -0.393 e. The first-order chi connectivity index (χ1) is 6.36. The van der Waals surface area contributed by atoms with Crippen LogP contribution in [0.1, 0.15) is 51.4 Å². The lowest BCUT2D eigenvalue weighted by molar-refractivity contribution is 0.0621. The molecule has 0 aliphatic heterocycles. The van der Waals surface area contributed by atoms with Gasteiger partial charge in [0.1, 0.15) is 0 Å². The van der Waals surface area contributed by atoms with Gasteiger partial charge in [0, 0.05) is 0 Å². The molecule has 1 unspecified atom stereocenters. The molecule has 0 radical (unpaired) electrons. The molecule has 0 saturated heterocycles. The fraction of sp³-hybridized carbons (Fsp3) is 0.833. The summed E-state index contributed by atoms with van der Waals surface area (Å²) in [4.78, 5) is 0. The first-order valence-electron chi connectivity index (χ1n) is 5.72. The average molecular weight is 180 g/mol. The van der Waals surface area contributed by atoms with Crippen molar-refractivity contribution in [1.82, 2.24) is 0 Å². The highest BCUT2D eigenvalue weighted by molar-refractivity contribution is 5.07. The van der Waals surface area contributed by atoms with Crippen molar-refractivity contribution in [3.8, 4) is 0 Å². The third-order valence-electron chi connectivity index (χ3n) is 3.55. The maximum Gasteiger partial charge on any atom is 0.0605 e. The average Bonchev–Trinajstić information content (AvgIpc) is 2.02. The fourth-order valence-electron chi connectivity index (χ4n) is 2.35. The Bertz CT molecular complexity index is 191. The predicted molar refractivity (Wildman–Crippen MR) is 54.5 cm³/mol. The summed E-state index contributed by atoms with van der Waals surface area (Å²) in [6.07, 6.45) is 12.3. The number of rotatable bonds is 3. The van der Waals surface area contributed by atoms with Gasteiger partial charge < -0.3 is 5.11 Å². The minimum atomic E-state index is -0.0295. The van der Waals surface area contributed by atoms with Gasteiger partial charge in [0.15, 0.2) is 0 Å². The normalized spacial score (nSPS) is 26.4. The number of allylic oxidation sites excluding steroid dienone is 1. The van der Waals surface area contributed by atoms with E-state index in [-0.39, 0.29) is 6.10 Å². The highest BCUT2D eigenvalue weighted by atomic mass is 16.3. The first kappa shape index (κ1) is 9.26. The van der Waals surface area contributed by atoms with Crippen LogP contribution in [0.4, 0.5) is 0 Å². The second-order valence-corrected chi connectivity index (χ2v) is 4.57. The summed E-state index contributed by atoms with van der Waals surface area (Å²) in [5.74, 6) is 0.628. The van der Waals surface area contributed by atoms with Crippen LogP contribution in [0.25, 0.3) is 0 Å². The monoisotopic (exact) mass is 180 g/mol. The van der Waals surface area contributed by atoms with Gasteiger partial charge in [0.25, 0.3) is 0 Å². The van der Waals surface area contributed by atoms with Crippen LogP contribution in [0.15, 0.2) is 11.6 Å². The molecule has 2 aliphatic carbocycles. The van der Waals surface area contributed by atoms with E-state index in [1.165, 1.54) is 50.5 Å². The molecular weight excluding hydrogens is 160 g/mol. The van der Waals surface area contributed by atoms with Gasteiger partial charge in [0.05, 0.1) is 6.10 Å². The Morgan fingerprint density at radius 2 is 2.15 bits per heavy atom. The van der Waals surface area contributed by atoms with Crippen LogP contribution < -0.4 is 0 Å². The maximum absolute atomic E-state index is 9.88. The topological polar surface area (TPSA) is 20.2 Å². The Morgan fingerprint density at radius 1 is 1.31 bits per heavy atom. The van der Waals surface area contributed by atoms with Crippen LogP contribution in [0, 0.1) is 5.92 Å². The zero-order valence-corrected chi connectivity index (χ0v) is 8.34. The fourth-order valence-corrected chi connectivity index (χ4v) is 2.35. The summed E-state index contributed by atoms with van der Waals surface area (Å²) in [7, 11) is 0. The molecule has 2 aliphatic rings. The van der Waals surface area contributed by atoms with Crippen molar-refractivity contribution in [2.24, 2.45) is 5.92 Å². The molecule has 0 aromatic rings. The third kappa shape index (κ3) is 2.34. The summed E-state index contributed by atoms with van der Waals surface area (Å²) >= 11 is 0. The van der Waals surface area contributed by atoms with Crippen molar-refractivity contribution in [3.63, 3.8) is 0 Å². The molecule has 1 atom stereocenters. The smallest absolute Gasteiger partial charge is 0.0605 e. The molecule has 0 bridgehead atoms. The van der Waals surface area contributed by atoms with Gasteiger partial charge >= 0.3 is 0 Å². The predicted octanol–water partition coefficient (Wildman–Crippen LogP) is 3.04. The van der Waals surface area contributed by atoms with E-state index in [9.17, 15) is 5.11 Å². The maximum atomic E-state index is 9.88. The quantitative estimate of drug-likeness (QED) is 0.662. The molecule has 13 heavy (non-hydrogen) atoms. The van der Waals surface area contributed by atoms with E-state index in [0.717, 1.165) is 6.42 Å². The SMILES string of the molecule is OC(CC1=CCCCC1)C1CCC1. The van der Waals surface area contributed by atoms with Gasteiger partial charge in [-0.3, -0.25) is 0 Å². The van der Waals surface area contributed by atoms with E-state index in [0.29, 0.717) is 5.92 Å². The second kappa shape index (κ2) is 4.28. The molecule has 1 fully saturated rings. The Morgan fingerprint density at radius 3 is 2.69 bits per heavy atom. The van der Waals surface area contributed by atoms with Crippen LogP contribution in [-0.2, 0) is 0 Å². The molecule has 1 saturated carbocycles. The minimum absolute atomic E-state index is 0.0295. The Balaban J connectivity index is 1.78. The highest BCUT2D eigenvalue weighted by Crippen LogP contribution is 2.33. The van der Waals surface area contributed by atoms with Crippen molar-refractivity contribution in [3.05, 3.63) is 11.6 Å². The number of aliphatic hydroxyl groups excluding tert-OH is 1. The molecule has 1 N–H and O–H groups in total. The van der Waals surface area contributed by atoms with E-state index in [1.54, 1.807) is 0 Å². The molecule has 1 nitrogen and oxygen atoms in total. The lowest BCUT2D eigenvalue weighted by atomic mass is 9.78. The van der Waals surface area contributed by atoms with Gasteiger partial charge in [-0.05, 0) is 50.9 Å². The Kier molecular flexibility index (Phi) is 3.05. The van der Waals surface area contributed by atoms with Gasteiger partial charge in [-0.25, -0.2) is 0 Å². The summed E-state index contributed by atoms with van der Waals surface area (Å²) in [5, 5.41) is 9.88. The van der Waals surface area contributed by atoms with E-state index in [2.05, 4.69) is 6.08 Å². The van der Waals surface area contributed by atoms with Crippen molar-refractivity contribution in [1.29, 1.82) is 0 Å². The molecular formula is C12H20O. The number of hydrogen-bond acceptors (Lipinski definition) is 1. The summed E-state index contributed by atoms with van der Waals surface area (Å²) in [5.41, 5.74) is 1.52. The molecule has 74 valence electrons. The van der Waals surface area contributed by atoms with Crippen LogP contribution in [0.2, 0.25) is 0 Å². The van der Waals surface area contributed by atoms with Crippen molar-refractivity contribution in [2.75, 3.05) is 0 Å². The molecule has 1 heteroatoms. The molecule has 0 aromatic heterocycles. The van der Waals surface area contributed by atoms with Crippen molar-refractivity contribution in [2.45, 2.75) is 57.5 Å². The second-order valence-electron chi connectivity index (χ2n) is 4.57. The lowest BCUT2D eigenvalue weighted by Gasteiger charge is -2.31. The molecule has 0 aromatic carbocycles. The van der Waals surface area contributed by atoms with Gasteiger partial charge in [-0.15, -0.1) is 0 Å². The zero-order chi connectivity index (χ0) is 9.10. The molecule has 2 rings (SSSR count). The summed E-state index contributed by atoms with van der Waals surface area (Å²) in [6.45, 7) is 0. The molecule has 0 amide bonds. The van der Waals surface area contributed by atoms with E-state index >= 15 is 0 Å². The Hall–Kier alpha value is -0.300. The highest BCUT2D eigenvalue weighted by Gasteiger charge is 2.26.